The van der Waals surface area contributed by atoms with Crippen LogP contribution >= 0.6 is 22.9 Å². The topological polar surface area (TPSA) is 45.8 Å². The second kappa shape index (κ2) is 4.16. The van der Waals surface area contributed by atoms with E-state index in [2.05, 4.69) is 9.97 Å². The molecule has 0 radical (unpaired) electrons. The highest BCUT2D eigenvalue weighted by Crippen LogP contribution is 2.30. The van der Waals surface area contributed by atoms with Gasteiger partial charge < -0.3 is 4.98 Å². The standard InChI is InChI=1S/C10H9ClN2OS/c1-2-8-12-7(5-9(14)13-8)10-6(11)3-4-15-10/h3-5H,2H2,1H3,(H,12,13,14). The Hall–Kier alpha value is -1.13. The highest BCUT2D eigenvalue weighted by Gasteiger charge is 2.08. The van der Waals surface area contributed by atoms with Crippen LogP contribution in [0.2, 0.25) is 5.02 Å². The van der Waals surface area contributed by atoms with E-state index in [1.807, 2.05) is 12.3 Å². The number of H-pyrrole nitrogens is 1. The van der Waals surface area contributed by atoms with E-state index in [-0.39, 0.29) is 5.56 Å². The monoisotopic (exact) mass is 240 g/mol. The van der Waals surface area contributed by atoms with E-state index >= 15 is 0 Å². The number of thiophene rings is 1. The SMILES string of the molecule is CCc1nc(-c2sccc2Cl)cc(=O)[nH]1. The van der Waals surface area contributed by atoms with Gasteiger partial charge >= 0.3 is 0 Å². The fourth-order valence-electron chi connectivity index (χ4n) is 1.27. The normalized spacial score (nSPS) is 10.5. The molecule has 0 aliphatic carbocycles. The quantitative estimate of drug-likeness (QED) is 0.877. The van der Waals surface area contributed by atoms with Crippen molar-refractivity contribution in [3.8, 4) is 10.6 Å². The Balaban J connectivity index is 2.58. The molecule has 0 saturated carbocycles. The van der Waals surface area contributed by atoms with Gasteiger partial charge in [-0.1, -0.05) is 18.5 Å². The van der Waals surface area contributed by atoms with Crippen molar-refractivity contribution in [3.05, 3.63) is 38.7 Å². The average Bonchev–Trinajstić information content (AvgIpc) is 2.63. The Morgan fingerprint density at radius 1 is 1.60 bits per heavy atom. The summed E-state index contributed by atoms with van der Waals surface area (Å²) < 4.78 is 0. The van der Waals surface area contributed by atoms with Crippen LogP contribution in [-0.2, 0) is 6.42 Å². The number of aromatic amines is 1. The van der Waals surface area contributed by atoms with Crippen LogP contribution in [0.3, 0.4) is 0 Å². The van der Waals surface area contributed by atoms with E-state index in [1.54, 1.807) is 6.07 Å². The van der Waals surface area contributed by atoms with Crippen molar-refractivity contribution in [2.45, 2.75) is 13.3 Å². The highest BCUT2D eigenvalue weighted by molar-refractivity contribution is 7.14. The Labute approximate surface area is 95.8 Å². The van der Waals surface area contributed by atoms with Crippen molar-refractivity contribution in [1.29, 1.82) is 0 Å². The first kappa shape index (κ1) is 10.4. The second-order valence-corrected chi connectivity index (χ2v) is 4.35. The minimum atomic E-state index is -0.138. The van der Waals surface area contributed by atoms with E-state index in [9.17, 15) is 4.79 Å². The maximum Gasteiger partial charge on any atom is 0.251 e. The van der Waals surface area contributed by atoms with Crippen LogP contribution in [0.15, 0.2) is 22.3 Å². The summed E-state index contributed by atoms with van der Waals surface area (Å²) in [6.45, 7) is 1.94. The fraction of sp³-hybridized carbons (Fsp3) is 0.200. The highest BCUT2D eigenvalue weighted by atomic mass is 35.5. The molecule has 2 aromatic rings. The minimum absolute atomic E-state index is 0.138. The Bertz CT molecular complexity index is 532. The molecule has 78 valence electrons. The van der Waals surface area contributed by atoms with Gasteiger partial charge in [0.05, 0.1) is 15.6 Å². The number of hydrogen-bond acceptors (Lipinski definition) is 3. The van der Waals surface area contributed by atoms with E-state index in [1.165, 1.54) is 17.4 Å². The summed E-state index contributed by atoms with van der Waals surface area (Å²) in [5, 5.41) is 2.52. The maximum absolute atomic E-state index is 11.3. The summed E-state index contributed by atoms with van der Waals surface area (Å²) in [7, 11) is 0. The zero-order valence-electron chi connectivity index (χ0n) is 8.08. The molecule has 0 unspecified atom stereocenters. The summed E-state index contributed by atoms with van der Waals surface area (Å²) >= 11 is 7.46. The summed E-state index contributed by atoms with van der Waals surface area (Å²) in [4.78, 5) is 19.2. The lowest BCUT2D eigenvalue weighted by atomic mass is 10.3. The molecule has 0 spiro atoms. The lowest BCUT2D eigenvalue weighted by Gasteiger charge is -2.00. The van der Waals surface area contributed by atoms with Crippen molar-refractivity contribution in [2.24, 2.45) is 0 Å². The van der Waals surface area contributed by atoms with Crippen LogP contribution in [0.25, 0.3) is 10.6 Å². The average molecular weight is 241 g/mol. The minimum Gasteiger partial charge on any atom is -0.311 e. The molecule has 3 nitrogen and oxygen atoms in total. The largest absolute Gasteiger partial charge is 0.311 e. The van der Waals surface area contributed by atoms with Crippen molar-refractivity contribution >= 4 is 22.9 Å². The molecule has 2 rings (SSSR count). The van der Waals surface area contributed by atoms with E-state index in [4.69, 9.17) is 11.6 Å². The number of nitrogens with zero attached hydrogens (tertiary/aromatic N) is 1. The van der Waals surface area contributed by atoms with Crippen LogP contribution in [0, 0.1) is 0 Å². The molecule has 2 heterocycles. The van der Waals surface area contributed by atoms with E-state index in [0.717, 1.165) is 4.88 Å². The molecular formula is C10H9ClN2OS. The number of aromatic nitrogens is 2. The van der Waals surface area contributed by atoms with Crippen LogP contribution in [0.5, 0.6) is 0 Å². The van der Waals surface area contributed by atoms with Gasteiger partial charge in [-0.05, 0) is 11.4 Å². The summed E-state index contributed by atoms with van der Waals surface area (Å²) in [6, 6.07) is 3.27. The third kappa shape index (κ3) is 2.11. The lowest BCUT2D eigenvalue weighted by molar-refractivity contribution is 0.925. The van der Waals surface area contributed by atoms with Gasteiger partial charge in [-0.25, -0.2) is 4.98 Å². The van der Waals surface area contributed by atoms with Gasteiger partial charge in [0.2, 0.25) is 0 Å². The van der Waals surface area contributed by atoms with E-state index in [0.29, 0.717) is 23.0 Å². The molecule has 2 aromatic heterocycles. The van der Waals surface area contributed by atoms with Gasteiger partial charge in [-0.2, -0.15) is 0 Å². The first-order valence-corrected chi connectivity index (χ1v) is 5.80. The number of hydrogen-bond donors (Lipinski definition) is 1. The predicted molar refractivity (Wildman–Crippen MR) is 62.6 cm³/mol. The van der Waals surface area contributed by atoms with Gasteiger partial charge in [-0.15, -0.1) is 11.3 Å². The maximum atomic E-state index is 11.3. The van der Waals surface area contributed by atoms with Gasteiger partial charge in [0.25, 0.3) is 5.56 Å². The summed E-state index contributed by atoms with van der Waals surface area (Å²) in [5.74, 6) is 0.682. The molecule has 0 aromatic carbocycles. The molecule has 0 amide bonds. The van der Waals surface area contributed by atoms with Crippen LogP contribution in [-0.4, -0.2) is 9.97 Å². The van der Waals surface area contributed by atoms with Gasteiger partial charge in [0.1, 0.15) is 5.82 Å². The zero-order chi connectivity index (χ0) is 10.8. The second-order valence-electron chi connectivity index (χ2n) is 3.03. The van der Waals surface area contributed by atoms with Crippen molar-refractivity contribution < 1.29 is 0 Å². The van der Waals surface area contributed by atoms with Gasteiger partial charge in [-0.3, -0.25) is 4.79 Å². The Morgan fingerprint density at radius 2 is 2.40 bits per heavy atom. The molecule has 1 N–H and O–H groups in total. The summed E-state index contributed by atoms with van der Waals surface area (Å²) in [6.07, 6.45) is 0.700. The molecule has 5 heteroatoms. The Morgan fingerprint density at radius 3 is 3.00 bits per heavy atom. The van der Waals surface area contributed by atoms with E-state index < -0.39 is 0 Å². The molecule has 0 aliphatic heterocycles. The van der Waals surface area contributed by atoms with Gasteiger partial charge in [0.15, 0.2) is 0 Å². The van der Waals surface area contributed by atoms with Crippen LogP contribution in [0.4, 0.5) is 0 Å². The fourth-order valence-corrected chi connectivity index (χ4v) is 2.38. The lowest BCUT2D eigenvalue weighted by Crippen LogP contribution is -2.10. The molecule has 0 aliphatic rings. The Kier molecular flexibility index (Phi) is 2.88. The van der Waals surface area contributed by atoms with Crippen molar-refractivity contribution in [3.63, 3.8) is 0 Å². The van der Waals surface area contributed by atoms with Crippen molar-refractivity contribution in [2.75, 3.05) is 0 Å². The molecule has 0 bridgehead atoms. The first-order chi connectivity index (χ1) is 7.20. The third-order valence-electron chi connectivity index (χ3n) is 1.98. The van der Waals surface area contributed by atoms with Crippen LogP contribution < -0.4 is 5.56 Å². The number of nitrogens with one attached hydrogen (secondary N) is 1. The smallest absolute Gasteiger partial charge is 0.251 e. The predicted octanol–water partition coefficient (Wildman–Crippen LogP) is 2.71. The zero-order valence-corrected chi connectivity index (χ0v) is 9.65. The molecule has 0 saturated heterocycles. The molecule has 0 atom stereocenters. The molecular weight excluding hydrogens is 232 g/mol. The van der Waals surface area contributed by atoms with Crippen LogP contribution in [0.1, 0.15) is 12.7 Å². The molecule has 0 fully saturated rings. The number of halogens is 1. The number of aryl methyl sites for hydroxylation is 1. The van der Waals surface area contributed by atoms with Gasteiger partial charge in [0, 0.05) is 12.5 Å². The molecule has 15 heavy (non-hydrogen) atoms. The number of rotatable bonds is 2. The van der Waals surface area contributed by atoms with Crippen molar-refractivity contribution in [1.82, 2.24) is 9.97 Å². The third-order valence-corrected chi connectivity index (χ3v) is 3.34. The summed E-state index contributed by atoms with van der Waals surface area (Å²) in [5.41, 5.74) is 0.511. The first-order valence-electron chi connectivity index (χ1n) is 4.54.